The SMILES string of the molecule is CC(CO)COc1cccnc1[N+](=O)[O-]. The molecule has 1 unspecified atom stereocenters. The molecule has 82 valence electrons. The fourth-order valence-corrected chi connectivity index (χ4v) is 0.917. The van der Waals surface area contributed by atoms with Crippen LogP contribution in [0, 0.1) is 16.0 Å². The zero-order valence-corrected chi connectivity index (χ0v) is 8.29. The molecular formula is C9H12N2O4. The van der Waals surface area contributed by atoms with Crippen LogP contribution in [0.1, 0.15) is 6.92 Å². The summed E-state index contributed by atoms with van der Waals surface area (Å²) in [7, 11) is 0. The summed E-state index contributed by atoms with van der Waals surface area (Å²) in [6.07, 6.45) is 1.33. The van der Waals surface area contributed by atoms with Gasteiger partial charge in [-0.1, -0.05) is 6.92 Å². The number of nitro groups is 1. The molecule has 1 atom stereocenters. The average Bonchev–Trinajstić information content (AvgIpc) is 2.26. The lowest BCUT2D eigenvalue weighted by atomic mass is 10.2. The lowest BCUT2D eigenvalue weighted by Crippen LogP contribution is -2.13. The molecule has 1 aromatic heterocycles. The van der Waals surface area contributed by atoms with Crippen LogP contribution in [-0.4, -0.2) is 28.2 Å². The zero-order valence-electron chi connectivity index (χ0n) is 8.29. The summed E-state index contributed by atoms with van der Waals surface area (Å²) in [6.45, 7) is 1.99. The van der Waals surface area contributed by atoms with Crippen molar-refractivity contribution < 1.29 is 14.8 Å². The van der Waals surface area contributed by atoms with Gasteiger partial charge in [-0.05, 0) is 22.0 Å². The molecule has 0 aliphatic heterocycles. The Morgan fingerprint density at radius 3 is 3.07 bits per heavy atom. The number of nitrogens with zero attached hydrogens (tertiary/aromatic N) is 2. The van der Waals surface area contributed by atoms with E-state index < -0.39 is 4.92 Å². The summed E-state index contributed by atoms with van der Waals surface area (Å²) in [5.74, 6) is -0.241. The Hall–Kier alpha value is -1.69. The van der Waals surface area contributed by atoms with Crippen molar-refractivity contribution in [2.24, 2.45) is 5.92 Å². The number of hydrogen-bond donors (Lipinski definition) is 1. The smallest absolute Gasteiger partial charge is 0.406 e. The van der Waals surface area contributed by atoms with Crippen molar-refractivity contribution in [2.45, 2.75) is 6.92 Å². The minimum Gasteiger partial charge on any atom is -0.485 e. The molecule has 6 heteroatoms. The second-order valence-corrected chi connectivity index (χ2v) is 3.18. The van der Waals surface area contributed by atoms with Gasteiger partial charge in [0.25, 0.3) is 0 Å². The number of rotatable bonds is 5. The van der Waals surface area contributed by atoms with Crippen molar-refractivity contribution in [3.63, 3.8) is 0 Å². The molecule has 0 saturated carbocycles. The number of aliphatic hydroxyl groups is 1. The largest absolute Gasteiger partial charge is 0.485 e. The summed E-state index contributed by atoms with van der Waals surface area (Å²) < 4.78 is 5.19. The number of hydrogen-bond acceptors (Lipinski definition) is 5. The topological polar surface area (TPSA) is 85.5 Å². The second kappa shape index (κ2) is 5.26. The van der Waals surface area contributed by atoms with Gasteiger partial charge in [0.15, 0.2) is 0 Å². The maximum Gasteiger partial charge on any atom is 0.406 e. The first-order valence-electron chi connectivity index (χ1n) is 4.48. The molecular weight excluding hydrogens is 200 g/mol. The van der Waals surface area contributed by atoms with E-state index in [4.69, 9.17) is 9.84 Å². The van der Waals surface area contributed by atoms with Gasteiger partial charge in [-0.25, -0.2) is 0 Å². The Bertz CT molecular complexity index is 343. The molecule has 0 bridgehead atoms. The predicted octanol–water partition coefficient (Wildman–Crippen LogP) is 0.997. The molecule has 15 heavy (non-hydrogen) atoms. The quantitative estimate of drug-likeness (QED) is 0.581. The maximum absolute atomic E-state index is 10.5. The average molecular weight is 212 g/mol. The number of aromatic nitrogens is 1. The van der Waals surface area contributed by atoms with E-state index in [1.807, 2.05) is 0 Å². The minimum absolute atomic E-state index is 0.0198. The second-order valence-electron chi connectivity index (χ2n) is 3.18. The van der Waals surface area contributed by atoms with Crippen LogP contribution in [0.15, 0.2) is 18.3 Å². The summed E-state index contributed by atoms with van der Waals surface area (Å²) in [6, 6.07) is 3.04. The molecule has 1 aromatic rings. The molecule has 1 rings (SSSR count). The Kier molecular flexibility index (Phi) is 3.99. The Morgan fingerprint density at radius 1 is 1.73 bits per heavy atom. The van der Waals surface area contributed by atoms with Gasteiger partial charge in [-0.2, -0.15) is 0 Å². The lowest BCUT2D eigenvalue weighted by molar-refractivity contribution is -0.390. The molecule has 0 saturated heterocycles. The highest BCUT2D eigenvalue weighted by Crippen LogP contribution is 2.23. The van der Waals surface area contributed by atoms with Crippen LogP contribution in [0.2, 0.25) is 0 Å². The first-order valence-corrected chi connectivity index (χ1v) is 4.48. The van der Waals surface area contributed by atoms with Crippen LogP contribution < -0.4 is 4.74 Å². The van der Waals surface area contributed by atoms with Gasteiger partial charge >= 0.3 is 5.82 Å². The van der Waals surface area contributed by atoms with E-state index in [1.165, 1.54) is 12.3 Å². The van der Waals surface area contributed by atoms with Crippen LogP contribution in [0.4, 0.5) is 5.82 Å². The monoisotopic (exact) mass is 212 g/mol. The standard InChI is InChI=1S/C9H12N2O4/c1-7(5-12)6-15-8-3-2-4-10-9(8)11(13)14/h2-4,7,12H,5-6H2,1H3. The van der Waals surface area contributed by atoms with E-state index in [-0.39, 0.29) is 30.7 Å². The number of aliphatic hydroxyl groups excluding tert-OH is 1. The summed E-state index contributed by atoms with van der Waals surface area (Å²) in [5, 5.41) is 19.3. The molecule has 1 N–H and O–H groups in total. The van der Waals surface area contributed by atoms with Gasteiger partial charge in [0.2, 0.25) is 5.75 Å². The van der Waals surface area contributed by atoms with Crippen LogP contribution in [0.3, 0.4) is 0 Å². The van der Waals surface area contributed by atoms with Crippen molar-refractivity contribution in [1.29, 1.82) is 0 Å². The van der Waals surface area contributed by atoms with Crippen molar-refractivity contribution in [2.75, 3.05) is 13.2 Å². The normalized spacial score (nSPS) is 12.1. The van der Waals surface area contributed by atoms with Crippen LogP contribution >= 0.6 is 0 Å². The van der Waals surface area contributed by atoms with Crippen LogP contribution in [-0.2, 0) is 0 Å². The molecule has 0 radical (unpaired) electrons. The van der Waals surface area contributed by atoms with Gasteiger partial charge < -0.3 is 20.0 Å². The molecule has 1 heterocycles. The first kappa shape index (κ1) is 11.4. The van der Waals surface area contributed by atoms with Gasteiger partial charge in [-0.15, -0.1) is 0 Å². The van der Waals surface area contributed by atoms with Crippen molar-refractivity contribution in [1.82, 2.24) is 4.98 Å². The highest BCUT2D eigenvalue weighted by molar-refractivity contribution is 5.38. The van der Waals surface area contributed by atoms with Crippen molar-refractivity contribution >= 4 is 5.82 Å². The van der Waals surface area contributed by atoms with E-state index in [0.717, 1.165) is 0 Å². The highest BCUT2D eigenvalue weighted by Gasteiger charge is 2.15. The minimum atomic E-state index is -0.598. The molecule has 0 spiro atoms. The summed E-state index contributed by atoms with van der Waals surface area (Å²) in [4.78, 5) is 13.5. The molecule has 0 aliphatic rings. The van der Waals surface area contributed by atoms with E-state index in [1.54, 1.807) is 13.0 Å². The Labute approximate surface area is 86.7 Å². The van der Waals surface area contributed by atoms with E-state index >= 15 is 0 Å². The first-order chi connectivity index (χ1) is 7.15. The lowest BCUT2D eigenvalue weighted by Gasteiger charge is -2.09. The van der Waals surface area contributed by atoms with Crippen molar-refractivity contribution in [3.05, 3.63) is 28.4 Å². The fourth-order valence-electron chi connectivity index (χ4n) is 0.917. The van der Waals surface area contributed by atoms with Gasteiger partial charge in [0, 0.05) is 12.5 Å². The van der Waals surface area contributed by atoms with Crippen molar-refractivity contribution in [3.8, 4) is 5.75 Å². The molecule has 0 fully saturated rings. The molecule has 6 nitrogen and oxygen atoms in total. The molecule has 0 aromatic carbocycles. The summed E-state index contributed by atoms with van der Waals surface area (Å²) in [5.41, 5.74) is 0. The highest BCUT2D eigenvalue weighted by atomic mass is 16.6. The van der Waals surface area contributed by atoms with Gasteiger partial charge in [0.05, 0.1) is 6.61 Å². The predicted molar refractivity (Wildman–Crippen MR) is 52.6 cm³/mol. The Balaban J connectivity index is 2.72. The zero-order chi connectivity index (χ0) is 11.3. The number of ether oxygens (including phenoxy) is 1. The third kappa shape index (κ3) is 3.17. The summed E-state index contributed by atoms with van der Waals surface area (Å²) >= 11 is 0. The van der Waals surface area contributed by atoms with E-state index in [0.29, 0.717) is 0 Å². The third-order valence-electron chi connectivity index (χ3n) is 1.76. The third-order valence-corrected chi connectivity index (χ3v) is 1.76. The van der Waals surface area contributed by atoms with Crippen LogP contribution in [0.5, 0.6) is 5.75 Å². The van der Waals surface area contributed by atoms with Gasteiger partial charge in [-0.3, -0.25) is 0 Å². The maximum atomic E-state index is 10.5. The van der Waals surface area contributed by atoms with E-state index in [9.17, 15) is 10.1 Å². The number of pyridine rings is 1. The molecule has 0 aliphatic carbocycles. The van der Waals surface area contributed by atoms with Gasteiger partial charge in [0.1, 0.15) is 6.20 Å². The fraction of sp³-hybridized carbons (Fsp3) is 0.444. The van der Waals surface area contributed by atoms with Crippen LogP contribution in [0.25, 0.3) is 0 Å². The molecule has 0 amide bonds. The van der Waals surface area contributed by atoms with E-state index in [2.05, 4.69) is 4.98 Å². The Morgan fingerprint density at radius 2 is 2.47 bits per heavy atom.